The van der Waals surface area contributed by atoms with Gasteiger partial charge in [-0.3, -0.25) is 14.4 Å². The maximum Gasteiger partial charge on any atom is 0.262 e. The van der Waals surface area contributed by atoms with Crippen LogP contribution in [0.5, 0.6) is 5.75 Å². The number of para-hydroxylation sites is 1. The zero-order valence-corrected chi connectivity index (χ0v) is 21.2. The Morgan fingerprint density at radius 3 is 2.19 bits per heavy atom. The van der Waals surface area contributed by atoms with Gasteiger partial charge in [-0.25, -0.2) is 12.8 Å². The maximum atomic E-state index is 13.4. The molecule has 1 saturated heterocycles. The molecule has 1 aromatic heterocycles. The van der Waals surface area contributed by atoms with E-state index in [0.717, 1.165) is 35.6 Å². The van der Waals surface area contributed by atoms with E-state index in [9.17, 15) is 27.2 Å². The van der Waals surface area contributed by atoms with Crippen LogP contribution in [0.4, 0.5) is 4.39 Å². The van der Waals surface area contributed by atoms with Crippen molar-refractivity contribution < 1.29 is 31.9 Å². The van der Waals surface area contributed by atoms with Crippen LogP contribution in [0.3, 0.4) is 0 Å². The minimum absolute atomic E-state index is 0.0697. The van der Waals surface area contributed by atoms with Crippen molar-refractivity contribution in [3.63, 3.8) is 0 Å². The molecule has 37 heavy (non-hydrogen) atoms. The highest BCUT2D eigenvalue weighted by atomic mass is 32.2. The summed E-state index contributed by atoms with van der Waals surface area (Å²) in [5, 5.41) is 2.07. The summed E-state index contributed by atoms with van der Waals surface area (Å²) >= 11 is 1.10. The summed E-state index contributed by atoms with van der Waals surface area (Å²) in [5.74, 6) is -1.90. The van der Waals surface area contributed by atoms with Crippen molar-refractivity contribution in [1.82, 2.24) is 15.1 Å². The first-order valence-electron chi connectivity index (χ1n) is 11.3. The molecule has 3 amide bonds. The Labute approximate surface area is 217 Å². The van der Waals surface area contributed by atoms with Gasteiger partial charge in [0.25, 0.3) is 17.7 Å². The molecule has 0 bridgehead atoms. The van der Waals surface area contributed by atoms with Gasteiger partial charge >= 0.3 is 0 Å². The van der Waals surface area contributed by atoms with E-state index in [0.29, 0.717) is 5.75 Å². The number of rotatable bonds is 8. The number of carbonyl (C=O) groups excluding carboxylic acids is 3. The number of nitrogens with one attached hydrogen (secondary N) is 1. The van der Waals surface area contributed by atoms with Gasteiger partial charge in [0, 0.05) is 26.2 Å². The summed E-state index contributed by atoms with van der Waals surface area (Å²) in [6, 6.07) is 16.0. The third kappa shape index (κ3) is 6.33. The van der Waals surface area contributed by atoms with E-state index in [1.165, 1.54) is 15.9 Å². The van der Waals surface area contributed by atoms with Gasteiger partial charge in [0.05, 0.1) is 9.77 Å². The van der Waals surface area contributed by atoms with E-state index >= 15 is 0 Å². The van der Waals surface area contributed by atoms with Crippen molar-refractivity contribution in [2.24, 2.45) is 0 Å². The number of nitrogens with zero attached hydrogens (tertiary/aromatic N) is 2. The lowest BCUT2D eigenvalue weighted by atomic mass is 10.3. The minimum Gasteiger partial charge on any atom is -0.484 e. The highest BCUT2D eigenvalue weighted by molar-refractivity contribution is 7.92. The summed E-state index contributed by atoms with van der Waals surface area (Å²) in [5.41, 5.74) is 0. The average molecular weight is 546 g/mol. The zero-order chi connectivity index (χ0) is 26.4. The van der Waals surface area contributed by atoms with Crippen LogP contribution in [0.2, 0.25) is 0 Å². The predicted molar refractivity (Wildman–Crippen MR) is 134 cm³/mol. The van der Waals surface area contributed by atoms with Gasteiger partial charge in [0.15, 0.2) is 6.61 Å². The first-order chi connectivity index (χ1) is 17.8. The number of hydrogen-bond acceptors (Lipinski definition) is 7. The normalized spacial score (nSPS) is 14.6. The van der Waals surface area contributed by atoms with Gasteiger partial charge in [0.1, 0.15) is 11.6 Å². The van der Waals surface area contributed by atoms with E-state index in [-0.39, 0.29) is 48.5 Å². The SMILES string of the molecule is O=C(N[C@@H](C(=O)N1CCN(C(=O)COc2ccccc2)CC1)S(=O)(=O)c1ccc(F)cc1)c1cccs1. The van der Waals surface area contributed by atoms with Crippen LogP contribution < -0.4 is 10.1 Å². The molecule has 0 spiro atoms. The molecule has 12 heteroatoms. The number of thiophene rings is 1. The van der Waals surface area contributed by atoms with E-state index in [4.69, 9.17) is 4.74 Å². The van der Waals surface area contributed by atoms with Crippen LogP contribution in [0, 0.1) is 5.82 Å². The molecule has 0 radical (unpaired) electrons. The second-order valence-electron chi connectivity index (χ2n) is 8.14. The molecule has 1 aliphatic rings. The van der Waals surface area contributed by atoms with Crippen molar-refractivity contribution in [3.8, 4) is 5.75 Å². The van der Waals surface area contributed by atoms with Gasteiger partial charge in [-0.1, -0.05) is 24.3 Å². The lowest BCUT2D eigenvalue weighted by Crippen LogP contribution is -2.58. The number of amides is 3. The highest BCUT2D eigenvalue weighted by Crippen LogP contribution is 2.20. The molecule has 0 unspecified atom stereocenters. The third-order valence-corrected chi connectivity index (χ3v) is 8.47. The number of piperazine rings is 1. The molecule has 1 aliphatic heterocycles. The summed E-state index contributed by atoms with van der Waals surface area (Å²) in [7, 11) is -4.41. The Kier molecular flexibility index (Phi) is 8.19. The smallest absolute Gasteiger partial charge is 0.262 e. The maximum absolute atomic E-state index is 13.4. The number of hydrogen-bond donors (Lipinski definition) is 1. The molecule has 9 nitrogen and oxygen atoms in total. The van der Waals surface area contributed by atoms with Gasteiger partial charge < -0.3 is 19.9 Å². The molecule has 0 aliphatic carbocycles. The fourth-order valence-corrected chi connectivity index (χ4v) is 5.82. The molecule has 1 fully saturated rings. The number of ether oxygens (including phenoxy) is 1. The minimum atomic E-state index is -4.41. The fraction of sp³-hybridized carbons (Fsp3) is 0.240. The van der Waals surface area contributed by atoms with Crippen molar-refractivity contribution in [2.75, 3.05) is 32.8 Å². The fourth-order valence-electron chi connectivity index (χ4n) is 3.73. The molecule has 2 aromatic carbocycles. The molecule has 194 valence electrons. The monoisotopic (exact) mass is 545 g/mol. The van der Waals surface area contributed by atoms with Gasteiger partial charge in [-0.05, 0) is 47.8 Å². The molecule has 4 rings (SSSR count). The Bertz CT molecular complexity index is 1340. The van der Waals surface area contributed by atoms with Crippen LogP contribution in [0.15, 0.2) is 77.0 Å². The molecule has 3 aromatic rings. The molecule has 1 atom stereocenters. The number of carbonyl (C=O) groups is 3. The van der Waals surface area contributed by atoms with Crippen molar-refractivity contribution in [2.45, 2.75) is 10.3 Å². The summed E-state index contributed by atoms with van der Waals surface area (Å²) in [6.45, 7) is 0.312. The molecular formula is C25H24FN3O6S2. The Balaban J connectivity index is 1.45. The largest absolute Gasteiger partial charge is 0.484 e. The van der Waals surface area contributed by atoms with Gasteiger partial charge in [-0.15, -0.1) is 11.3 Å². The number of benzene rings is 2. The molecule has 2 heterocycles. The lowest BCUT2D eigenvalue weighted by Gasteiger charge is -2.36. The molecule has 1 N–H and O–H groups in total. The molecular weight excluding hydrogens is 521 g/mol. The number of sulfone groups is 1. The van der Waals surface area contributed by atoms with Crippen molar-refractivity contribution in [1.29, 1.82) is 0 Å². The second kappa shape index (κ2) is 11.5. The van der Waals surface area contributed by atoms with Crippen LogP contribution in [-0.4, -0.2) is 74.1 Å². The van der Waals surface area contributed by atoms with Gasteiger partial charge in [-0.2, -0.15) is 0 Å². The van der Waals surface area contributed by atoms with Crippen LogP contribution in [-0.2, 0) is 19.4 Å². The topological polar surface area (TPSA) is 113 Å². The predicted octanol–water partition coefficient (Wildman–Crippen LogP) is 2.17. The average Bonchev–Trinajstić information content (AvgIpc) is 3.46. The summed E-state index contributed by atoms with van der Waals surface area (Å²) < 4.78 is 45.6. The zero-order valence-electron chi connectivity index (χ0n) is 19.6. The third-order valence-electron chi connectivity index (χ3n) is 5.73. The first-order valence-corrected chi connectivity index (χ1v) is 13.8. The quantitative estimate of drug-likeness (QED) is 0.434. The van der Waals surface area contributed by atoms with Crippen LogP contribution >= 0.6 is 11.3 Å². The summed E-state index contributed by atoms with van der Waals surface area (Å²) in [6.07, 6.45) is 0. The van der Waals surface area contributed by atoms with Crippen molar-refractivity contribution >= 4 is 38.9 Å². The number of halogens is 1. The van der Waals surface area contributed by atoms with Crippen molar-refractivity contribution in [3.05, 3.63) is 82.8 Å². The second-order valence-corrected chi connectivity index (χ2v) is 11.1. The first kappa shape index (κ1) is 26.3. The van der Waals surface area contributed by atoms with E-state index in [2.05, 4.69) is 5.32 Å². The molecule has 0 saturated carbocycles. The standard InChI is InChI=1S/C25H24FN3O6S2/c26-18-8-10-20(11-9-18)37(33,34)24(27-23(31)21-7-4-16-36-21)25(32)29-14-12-28(13-15-29)22(30)17-35-19-5-2-1-3-6-19/h1-11,16,24H,12-15,17H2,(H,27,31)/t24-/m1/s1. The van der Waals surface area contributed by atoms with Gasteiger partial charge in [0.2, 0.25) is 15.2 Å². The Hall–Kier alpha value is -3.77. The van der Waals surface area contributed by atoms with E-state index < -0.39 is 32.8 Å². The highest BCUT2D eigenvalue weighted by Gasteiger charge is 2.39. The lowest BCUT2D eigenvalue weighted by molar-refractivity contribution is -0.140. The van der Waals surface area contributed by atoms with E-state index in [1.54, 1.807) is 35.7 Å². The van der Waals surface area contributed by atoms with Crippen LogP contribution in [0.1, 0.15) is 9.67 Å². The Morgan fingerprint density at radius 2 is 1.57 bits per heavy atom. The van der Waals surface area contributed by atoms with E-state index in [1.807, 2.05) is 6.07 Å². The van der Waals surface area contributed by atoms with Crippen LogP contribution in [0.25, 0.3) is 0 Å². The summed E-state index contributed by atoms with van der Waals surface area (Å²) in [4.78, 5) is 41.4. The Morgan fingerprint density at radius 1 is 0.919 bits per heavy atom.